The largest absolute Gasteiger partial charge is 0.493 e. The second-order valence-electron chi connectivity index (χ2n) is 7.19. The Labute approximate surface area is 222 Å². The van der Waals surface area contributed by atoms with Gasteiger partial charge in [0.15, 0.2) is 11.5 Å². The number of hydrogen-bond donors (Lipinski definition) is 0. The monoisotopic (exact) mass is 623 g/mol. The summed E-state index contributed by atoms with van der Waals surface area (Å²) in [5.74, 6) is 1.22. The number of ether oxygens (including phenoxy) is 2. The van der Waals surface area contributed by atoms with Crippen molar-refractivity contribution in [3.8, 4) is 11.5 Å². The molecule has 4 aromatic rings. The molecule has 1 heterocycles. The minimum Gasteiger partial charge on any atom is -0.493 e. The highest BCUT2D eigenvalue weighted by Gasteiger charge is 2.18. The third kappa shape index (κ3) is 5.00. The lowest BCUT2D eigenvalue weighted by molar-refractivity contribution is 0.284. The van der Waals surface area contributed by atoms with Crippen molar-refractivity contribution in [2.75, 3.05) is 7.11 Å². The maximum absolute atomic E-state index is 13.0. The zero-order chi connectivity index (χ0) is 24.4. The number of fused-ring (bicyclic) bond motifs is 1. The first-order valence-electron chi connectivity index (χ1n) is 9.95. The molecule has 10 heteroatoms. The molecule has 0 spiro atoms. The van der Waals surface area contributed by atoms with Gasteiger partial charge in [-0.25, -0.2) is 4.98 Å². The van der Waals surface area contributed by atoms with Gasteiger partial charge in [0.05, 0.1) is 24.2 Å². The van der Waals surface area contributed by atoms with Crippen LogP contribution in [0.1, 0.15) is 17.0 Å². The zero-order valence-corrected chi connectivity index (χ0v) is 22.7. The van der Waals surface area contributed by atoms with Crippen molar-refractivity contribution < 1.29 is 9.47 Å². The number of methoxy groups -OCH3 is 1. The van der Waals surface area contributed by atoms with E-state index in [-0.39, 0.29) is 12.2 Å². The number of hydrogen-bond acceptors (Lipinski definition) is 5. The molecule has 4 rings (SSSR count). The van der Waals surface area contributed by atoms with Gasteiger partial charge in [0.25, 0.3) is 5.56 Å². The number of aromatic nitrogens is 2. The zero-order valence-electron chi connectivity index (χ0n) is 18.0. The second-order valence-corrected chi connectivity index (χ2v) is 9.68. The molecule has 0 saturated heterocycles. The molecule has 3 aromatic carbocycles. The smallest absolute Gasteiger partial charge is 0.282 e. The van der Waals surface area contributed by atoms with Crippen molar-refractivity contribution in [1.82, 2.24) is 9.66 Å². The van der Waals surface area contributed by atoms with E-state index in [1.807, 2.05) is 24.3 Å². The molecule has 0 fully saturated rings. The molecule has 0 bridgehead atoms. The Balaban J connectivity index is 1.70. The number of rotatable bonds is 6. The predicted octanol–water partition coefficient (Wildman–Crippen LogP) is 7.01. The van der Waals surface area contributed by atoms with Crippen molar-refractivity contribution in [2.24, 2.45) is 5.10 Å². The van der Waals surface area contributed by atoms with Gasteiger partial charge in [-0.15, -0.1) is 0 Å². The highest BCUT2D eigenvalue weighted by atomic mass is 79.9. The number of nitrogens with zero attached hydrogens (tertiary/aromatic N) is 3. The highest BCUT2D eigenvalue weighted by Crippen LogP contribution is 2.42. The van der Waals surface area contributed by atoms with E-state index < -0.39 is 0 Å². The topological polar surface area (TPSA) is 65.7 Å². The Hall–Kier alpha value is -2.39. The molecule has 0 saturated carbocycles. The maximum Gasteiger partial charge on any atom is 0.282 e. The Morgan fingerprint density at radius 2 is 1.91 bits per heavy atom. The first-order valence-corrected chi connectivity index (χ1v) is 12.3. The predicted molar refractivity (Wildman–Crippen MR) is 143 cm³/mol. The lowest BCUT2D eigenvalue weighted by Gasteiger charge is -2.15. The number of benzene rings is 3. The molecule has 174 valence electrons. The second kappa shape index (κ2) is 10.5. The normalized spacial score (nSPS) is 11.4. The first-order chi connectivity index (χ1) is 16.3. The summed E-state index contributed by atoms with van der Waals surface area (Å²) in [7, 11) is 1.52. The third-order valence-corrected chi connectivity index (χ3v) is 7.29. The minimum atomic E-state index is -0.283. The lowest BCUT2D eigenvalue weighted by Crippen LogP contribution is -2.20. The molecule has 0 amide bonds. The van der Waals surface area contributed by atoms with Gasteiger partial charge >= 0.3 is 0 Å². The van der Waals surface area contributed by atoms with Crippen molar-refractivity contribution >= 4 is 72.2 Å². The van der Waals surface area contributed by atoms with Crippen molar-refractivity contribution in [1.29, 1.82) is 0 Å². The first kappa shape index (κ1) is 24.7. The summed E-state index contributed by atoms with van der Waals surface area (Å²) in [6, 6.07) is 14.4. The molecule has 0 aliphatic heterocycles. The fraction of sp³-hybridized carbons (Fsp3) is 0.125. The standard InChI is InChI=1S/C24H17Br2Cl2N3O3/c1-13-30-19-8-7-16(25)10-17(19)24(32)31(13)29-11-15-9-20(33-2)23(22(28)21(15)26)34-12-14-5-3-4-6-18(14)27/h3-11H,12H2,1-2H3. The van der Waals surface area contributed by atoms with Crippen LogP contribution < -0.4 is 15.0 Å². The van der Waals surface area contributed by atoms with Gasteiger partial charge in [0.2, 0.25) is 0 Å². The average Bonchev–Trinajstić information content (AvgIpc) is 2.82. The van der Waals surface area contributed by atoms with E-state index in [0.29, 0.717) is 48.3 Å². The van der Waals surface area contributed by atoms with Gasteiger partial charge in [-0.1, -0.05) is 57.3 Å². The van der Waals surface area contributed by atoms with E-state index in [1.54, 1.807) is 31.2 Å². The molecule has 0 aliphatic rings. The van der Waals surface area contributed by atoms with Gasteiger partial charge in [0.1, 0.15) is 17.5 Å². The summed E-state index contributed by atoms with van der Waals surface area (Å²) in [5.41, 5.74) is 1.72. The van der Waals surface area contributed by atoms with Gasteiger partial charge < -0.3 is 9.47 Å². The summed E-state index contributed by atoms with van der Waals surface area (Å²) < 4.78 is 14.0. The molecule has 0 N–H and O–H groups in total. The van der Waals surface area contributed by atoms with E-state index in [0.717, 1.165) is 10.0 Å². The van der Waals surface area contributed by atoms with Gasteiger partial charge in [0, 0.05) is 25.1 Å². The van der Waals surface area contributed by atoms with Crippen LogP contribution in [0.5, 0.6) is 11.5 Å². The maximum atomic E-state index is 13.0. The fourth-order valence-electron chi connectivity index (χ4n) is 3.27. The third-order valence-electron chi connectivity index (χ3n) is 4.99. The minimum absolute atomic E-state index is 0.211. The van der Waals surface area contributed by atoms with E-state index in [9.17, 15) is 4.79 Å². The van der Waals surface area contributed by atoms with E-state index in [4.69, 9.17) is 32.7 Å². The summed E-state index contributed by atoms with van der Waals surface area (Å²) in [5, 5.41) is 5.72. The van der Waals surface area contributed by atoms with Gasteiger partial charge in [-0.2, -0.15) is 9.78 Å². The molecule has 0 atom stereocenters. The van der Waals surface area contributed by atoms with Gasteiger partial charge in [-0.3, -0.25) is 4.79 Å². The van der Waals surface area contributed by atoms with Crippen molar-refractivity contribution in [3.63, 3.8) is 0 Å². The fourth-order valence-corrected chi connectivity index (χ4v) is 4.47. The van der Waals surface area contributed by atoms with Crippen LogP contribution in [-0.2, 0) is 6.61 Å². The Morgan fingerprint density at radius 1 is 1.15 bits per heavy atom. The number of aryl methyl sites for hydroxylation is 1. The van der Waals surface area contributed by atoms with Crippen LogP contribution in [-0.4, -0.2) is 23.0 Å². The molecule has 0 aliphatic carbocycles. The quantitative estimate of drug-likeness (QED) is 0.216. The van der Waals surface area contributed by atoms with Crippen LogP contribution in [0.2, 0.25) is 10.0 Å². The van der Waals surface area contributed by atoms with E-state index in [1.165, 1.54) is 18.0 Å². The van der Waals surface area contributed by atoms with Crippen LogP contribution in [0.4, 0.5) is 0 Å². The molecule has 1 aromatic heterocycles. The Bertz CT molecular complexity index is 1490. The van der Waals surface area contributed by atoms with Crippen LogP contribution in [0.15, 0.2) is 67.4 Å². The van der Waals surface area contributed by atoms with Crippen LogP contribution in [0.25, 0.3) is 10.9 Å². The Morgan fingerprint density at radius 3 is 2.65 bits per heavy atom. The summed E-state index contributed by atoms with van der Waals surface area (Å²) in [4.78, 5) is 17.5. The van der Waals surface area contributed by atoms with Crippen LogP contribution in [0, 0.1) is 6.92 Å². The van der Waals surface area contributed by atoms with E-state index >= 15 is 0 Å². The summed E-state index contributed by atoms with van der Waals surface area (Å²) in [6.45, 7) is 1.93. The average molecular weight is 626 g/mol. The molecular formula is C24H17Br2Cl2N3O3. The Kier molecular flexibility index (Phi) is 7.62. The molecule has 34 heavy (non-hydrogen) atoms. The molecule has 6 nitrogen and oxygen atoms in total. The van der Waals surface area contributed by atoms with Crippen LogP contribution in [0.3, 0.4) is 0 Å². The molecule has 0 unspecified atom stereocenters. The SMILES string of the molecule is COc1cc(C=Nn2c(C)nc3ccc(Br)cc3c2=O)c(Br)c(Cl)c1OCc1ccccc1Cl. The van der Waals surface area contributed by atoms with E-state index in [2.05, 4.69) is 41.9 Å². The summed E-state index contributed by atoms with van der Waals surface area (Å²) in [6.07, 6.45) is 1.51. The summed E-state index contributed by atoms with van der Waals surface area (Å²) >= 11 is 19.7. The van der Waals surface area contributed by atoms with Crippen LogP contribution >= 0.6 is 55.1 Å². The molecular weight excluding hydrogens is 609 g/mol. The lowest BCUT2D eigenvalue weighted by atomic mass is 10.2. The van der Waals surface area contributed by atoms with Crippen molar-refractivity contribution in [2.45, 2.75) is 13.5 Å². The number of halogens is 4. The molecule has 0 radical (unpaired) electrons. The highest BCUT2D eigenvalue weighted by molar-refractivity contribution is 9.10. The van der Waals surface area contributed by atoms with Crippen molar-refractivity contribution in [3.05, 3.63) is 94.8 Å². The van der Waals surface area contributed by atoms with Gasteiger partial charge in [-0.05, 0) is 53.2 Å².